The lowest BCUT2D eigenvalue weighted by Crippen LogP contribution is -2.41. The van der Waals surface area contributed by atoms with Crippen molar-refractivity contribution in [3.05, 3.63) is 60.2 Å². The molecule has 1 amide bonds. The van der Waals surface area contributed by atoms with E-state index in [1.54, 1.807) is 19.5 Å². The Morgan fingerprint density at radius 3 is 2.58 bits per heavy atom. The summed E-state index contributed by atoms with van der Waals surface area (Å²) in [4.78, 5) is 24.5. The molecule has 31 heavy (non-hydrogen) atoms. The van der Waals surface area contributed by atoms with Crippen molar-refractivity contribution in [2.24, 2.45) is 0 Å². The Morgan fingerprint density at radius 1 is 1.10 bits per heavy atom. The van der Waals surface area contributed by atoms with Gasteiger partial charge in [-0.25, -0.2) is 0 Å². The molecule has 1 aliphatic carbocycles. The molecule has 1 saturated heterocycles. The Balaban J connectivity index is 1.44. The van der Waals surface area contributed by atoms with Crippen molar-refractivity contribution in [2.75, 3.05) is 13.7 Å². The van der Waals surface area contributed by atoms with Gasteiger partial charge in [-0.15, -0.1) is 0 Å². The predicted octanol–water partition coefficient (Wildman–Crippen LogP) is 4.32. The van der Waals surface area contributed by atoms with E-state index in [-0.39, 0.29) is 11.9 Å². The predicted molar refractivity (Wildman–Crippen MR) is 114 cm³/mol. The average Bonchev–Trinajstić information content (AvgIpc) is 3.56. The summed E-state index contributed by atoms with van der Waals surface area (Å²) in [6.45, 7) is 0.717. The highest BCUT2D eigenvalue weighted by Crippen LogP contribution is 2.51. The molecule has 7 heteroatoms. The van der Waals surface area contributed by atoms with Crippen LogP contribution in [0.25, 0.3) is 11.4 Å². The summed E-state index contributed by atoms with van der Waals surface area (Å²) in [5.41, 5.74) is 1.47. The Hall–Kier alpha value is -3.22. The molecule has 1 aliphatic heterocycles. The van der Waals surface area contributed by atoms with Gasteiger partial charge in [0.1, 0.15) is 11.8 Å². The van der Waals surface area contributed by atoms with Gasteiger partial charge in [-0.3, -0.25) is 9.78 Å². The summed E-state index contributed by atoms with van der Waals surface area (Å²) in [6, 6.07) is 11.4. The molecule has 7 nitrogen and oxygen atoms in total. The summed E-state index contributed by atoms with van der Waals surface area (Å²) < 4.78 is 11.0. The van der Waals surface area contributed by atoms with Crippen LogP contribution in [0.3, 0.4) is 0 Å². The van der Waals surface area contributed by atoms with Crippen molar-refractivity contribution in [3.63, 3.8) is 0 Å². The van der Waals surface area contributed by atoms with Gasteiger partial charge in [0.2, 0.25) is 17.6 Å². The fraction of sp³-hybridized carbons (Fsp3) is 0.417. The zero-order chi connectivity index (χ0) is 21.3. The second-order valence-corrected chi connectivity index (χ2v) is 8.37. The number of amides is 1. The number of hydrogen-bond donors (Lipinski definition) is 0. The van der Waals surface area contributed by atoms with Gasteiger partial charge in [-0.2, -0.15) is 4.98 Å². The van der Waals surface area contributed by atoms with Crippen LogP contribution in [0.15, 0.2) is 53.3 Å². The van der Waals surface area contributed by atoms with Gasteiger partial charge in [-0.1, -0.05) is 30.1 Å². The molecule has 160 valence electrons. The third-order valence-electron chi connectivity index (χ3n) is 6.48. The van der Waals surface area contributed by atoms with E-state index in [1.807, 2.05) is 41.3 Å². The van der Waals surface area contributed by atoms with Crippen molar-refractivity contribution in [1.82, 2.24) is 20.0 Å². The van der Waals surface area contributed by atoms with Crippen LogP contribution >= 0.6 is 0 Å². The monoisotopic (exact) mass is 418 g/mol. The Bertz CT molecular complexity index is 1040. The number of carbonyl (C=O) groups excluding carboxylic acids is 1. The van der Waals surface area contributed by atoms with E-state index in [1.165, 1.54) is 0 Å². The number of nitrogens with zero attached hydrogens (tertiary/aromatic N) is 4. The third-order valence-corrected chi connectivity index (χ3v) is 6.48. The van der Waals surface area contributed by atoms with Gasteiger partial charge in [-0.05, 0) is 55.5 Å². The highest BCUT2D eigenvalue weighted by molar-refractivity contribution is 5.91. The zero-order valence-electron chi connectivity index (χ0n) is 17.7. The van der Waals surface area contributed by atoms with Gasteiger partial charge in [0.15, 0.2) is 0 Å². The molecule has 0 radical (unpaired) electrons. The first-order valence-corrected chi connectivity index (χ1v) is 10.9. The summed E-state index contributed by atoms with van der Waals surface area (Å²) in [6.07, 6.45) is 9.12. The molecule has 1 unspecified atom stereocenters. The van der Waals surface area contributed by atoms with Crippen LogP contribution in [0.5, 0.6) is 5.75 Å². The Labute approximate surface area is 181 Å². The number of aromatic nitrogens is 3. The Kier molecular flexibility index (Phi) is 5.18. The zero-order valence-corrected chi connectivity index (χ0v) is 17.7. The molecule has 0 bridgehead atoms. The van der Waals surface area contributed by atoms with Gasteiger partial charge < -0.3 is 14.2 Å². The maximum absolute atomic E-state index is 13.8. The number of benzene rings is 1. The molecule has 0 spiro atoms. The lowest BCUT2D eigenvalue weighted by molar-refractivity contribution is -0.137. The number of carbonyl (C=O) groups is 1. The van der Waals surface area contributed by atoms with Crippen LogP contribution in [0, 0.1) is 0 Å². The van der Waals surface area contributed by atoms with Gasteiger partial charge in [0, 0.05) is 24.5 Å². The van der Waals surface area contributed by atoms with Crippen LogP contribution in [-0.4, -0.2) is 39.6 Å². The average molecular weight is 418 g/mol. The minimum atomic E-state index is -0.442. The van der Waals surface area contributed by atoms with Gasteiger partial charge in [0.05, 0.1) is 12.5 Å². The highest BCUT2D eigenvalue weighted by Gasteiger charge is 2.54. The number of methoxy groups -OCH3 is 1. The number of hydrogen-bond acceptors (Lipinski definition) is 6. The number of pyridine rings is 1. The van der Waals surface area contributed by atoms with Crippen molar-refractivity contribution in [2.45, 2.75) is 50.0 Å². The first-order valence-electron chi connectivity index (χ1n) is 10.9. The molecule has 3 aromatic rings. The van der Waals surface area contributed by atoms with Crippen molar-refractivity contribution in [3.8, 4) is 17.1 Å². The topological polar surface area (TPSA) is 81.4 Å². The molecular weight excluding hydrogens is 392 g/mol. The standard InChI is InChI=1S/C24H26N4O3/c1-30-19-8-6-18(7-9-19)24(12-13-24)23(29)28-16-4-2-3-5-20(28)22-26-21(27-31-22)17-10-14-25-15-11-17/h6-11,14-15,20H,2-5,12-13,16H2,1H3. The lowest BCUT2D eigenvalue weighted by atomic mass is 9.93. The molecule has 1 aromatic carbocycles. The number of rotatable bonds is 5. The maximum Gasteiger partial charge on any atom is 0.249 e. The van der Waals surface area contributed by atoms with E-state index in [4.69, 9.17) is 9.26 Å². The maximum atomic E-state index is 13.8. The van der Waals surface area contributed by atoms with Crippen molar-refractivity contribution < 1.29 is 14.1 Å². The van der Waals surface area contributed by atoms with Crippen LogP contribution in [0.1, 0.15) is 56.0 Å². The summed E-state index contributed by atoms with van der Waals surface area (Å²) in [5, 5.41) is 4.18. The quantitative estimate of drug-likeness (QED) is 0.614. The van der Waals surface area contributed by atoms with E-state index in [0.29, 0.717) is 18.3 Å². The van der Waals surface area contributed by atoms with Crippen LogP contribution in [0.4, 0.5) is 0 Å². The fourth-order valence-corrected chi connectivity index (χ4v) is 4.53. The van der Waals surface area contributed by atoms with Gasteiger partial charge in [0.25, 0.3) is 0 Å². The highest BCUT2D eigenvalue weighted by atomic mass is 16.5. The third kappa shape index (κ3) is 3.69. The smallest absolute Gasteiger partial charge is 0.249 e. The normalized spacial score (nSPS) is 20.2. The van der Waals surface area contributed by atoms with E-state index in [0.717, 1.165) is 55.4 Å². The molecule has 0 N–H and O–H groups in total. The van der Waals surface area contributed by atoms with E-state index in [9.17, 15) is 4.79 Å². The fourth-order valence-electron chi connectivity index (χ4n) is 4.53. The van der Waals surface area contributed by atoms with Crippen molar-refractivity contribution in [1.29, 1.82) is 0 Å². The molecule has 2 fully saturated rings. The molecule has 2 aromatic heterocycles. The van der Waals surface area contributed by atoms with Crippen LogP contribution in [0.2, 0.25) is 0 Å². The van der Waals surface area contributed by atoms with E-state index >= 15 is 0 Å². The SMILES string of the molecule is COc1ccc(C2(C(=O)N3CCCCCC3c3nc(-c4ccncc4)no3)CC2)cc1. The molecule has 5 rings (SSSR count). The van der Waals surface area contributed by atoms with Gasteiger partial charge >= 0.3 is 0 Å². The minimum absolute atomic E-state index is 0.174. The molecule has 2 aliphatic rings. The van der Waals surface area contributed by atoms with E-state index in [2.05, 4.69) is 15.1 Å². The summed E-state index contributed by atoms with van der Waals surface area (Å²) in [7, 11) is 1.65. The number of ether oxygens (including phenoxy) is 1. The van der Waals surface area contributed by atoms with Crippen molar-refractivity contribution >= 4 is 5.91 Å². The first kappa shape index (κ1) is 19.7. The molecular formula is C24H26N4O3. The lowest BCUT2D eigenvalue weighted by Gasteiger charge is -2.31. The number of likely N-dealkylation sites (tertiary alicyclic amines) is 1. The second-order valence-electron chi connectivity index (χ2n) is 8.37. The molecule has 1 atom stereocenters. The molecule has 3 heterocycles. The minimum Gasteiger partial charge on any atom is -0.497 e. The summed E-state index contributed by atoms with van der Waals surface area (Å²) >= 11 is 0. The van der Waals surface area contributed by atoms with Crippen LogP contribution in [-0.2, 0) is 10.2 Å². The van der Waals surface area contributed by atoms with E-state index < -0.39 is 5.41 Å². The second kappa shape index (κ2) is 8.13. The summed E-state index contributed by atoms with van der Waals surface area (Å²) in [5.74, 6) is 2.03. The molecule has 1 saturated carbocycles. The van der Waals surface area contributed by atoms with Crippen LogP contribution < -0.4 is 4.74 Å². The first-order chi connectivity index (χ1) is 15.2. The largest absolute Gasteiger partial charge is 0.497 e. The Morgan fingerprint density at radius 2 is 1.87 bits per heavy atom.